The van der Waals surface area contributed by atoms with Crippen LogP contribution in [0, 0.1) is 0 Å². The van der Waals surface area contributed by atoms with Crippen molar-refractivity contribution >= 4 is 15.7 Å². The lowest BCUT2D eigenvalue weighted by atomic mass is 10.4. The minimum atomic E-state index is -3.24. The zero-order valence-electron chi connectivity index (χ0n) is 11.3. The molecule has 0 bridgehead atoms. The summed E-state index contributed by atoms with van der Waals surface area (Å²) in [5.74, 6) is -0.723. The van der Waals surface area contributed by atoms with Crippen LogP contribution in [-0.4, -0.2) is 56.9 Å². The lowest BCUT2D eigenvalue weighted by Crippen LogP contribution is -2.38. The zero-order valence-corrected chi connectivity index (χ0v) is 12.1. The molecule has 0 spiro atoms. The Morgan fingerprint density at radius 1 is 1.33 bits per heavy atom. The molecule has 0 radical (unpaired) electrons. The van der Waals surface area contributed by atoms with E-state index >= 15 is 0 Å². The van der Waals surface area contributed by atoms with Crippen molar-refractivity contribution in [2.45, 2.75) is 37.9 Å². The average molecular weight is 276 g/mol. The Kier molecular flexibility index (Phi) is 6.08. The summed E-state index contributed by atoms with van der Waals surface area (Å²) < 4.78 is 23.9. The second-order valence-corrected chi connectivity index (χ2v) is 7.24. The molecule has 5 nitrogen and oxygen atoms in total. The number of nitrogens with zero attached hydrogens (tertiary/aromatic N) is 1. The minimum Gasteiger partial charge on any atom is -0.354 e. The van der Waals surface area contributed by atoms with Gasteiger partial charge in [0.2, 0.25) is 5.91 Å². The Hall–Kier alpha value is -0.620. The van der Waals surface area contributed by atoms with E-state index in [1.807, 2.05) is 14.0 Å². The zero-order chi connectivity index (χ0) is 13.6. The number of amides is 1. The van der Waals surface area contributed by atoms with Crippen molar-refractivity contribution in [3.63, 3.8) is 0 Å². The van der Waals surface area contributed by atoms with Gasteiger partial charge in [-0.3, -0.25) is 4.79 Å². The van der Waals surface area contributed by atoms with Gasteiger partial charge in [0.25, 0.3) is 0 Å². The quantitative estimate of drug-likeness (QED) is 0.731. The van der Waals surface area contributed by atoms with Gasteiger partial charge in [-0.25, -0.2) is 8.42 Å². The number of carbonyl (C=O) groups is 1. The lowest BCUT2D eigenvalue weighted by Gasteiger charge is -2.15. The Balaban J connectivity index is 2.30. The average Bonchev–Trinajstić information content (AvgIpc) is 2.82. The van der Waals surface area contributed by atoms with E-state index in [9.17, 15) is 13.2 Å². The number of hydrogen-bond acceptors (Lipinski definition) is 4. The first kappa shape index (κ1) is 15.4. The smallest absolute Gasteiger partial charge is 0.235 e. The van der Waals surface area contributed by atoms with E-state index in [1.54, 1.807) is 0 Å². The fourth-order valence-electron chi connectivity index (χ4n) is 2.14. The highest BCUT2D eigenvalue weighted by Gasteiger charge is 2.30. The number of sulfone groups is 1. The predicted molar refractivity (Wildman–Crippen MR) is 72.2 cm³/mol. The Morgan fingerprint density at radius 2 is 1.94 bits per heavy atom. The molecule has 18 heavy (non-hydrogen) atoms. The molecule has 1 amide bonds. The normalized spacial score (nSPS) is 17.3. The van der Waals surface area contributed by atoms with E-state index in [-0.39, 0.29) is 16.9 Å². The lowest BCUT2D eigenvalue weighted by molar-refractivity contribution is -0.118. The van der Waals surface area contributed by atoms with Gasteiger partial charge in [-0.15, -0.1) is 0 Å². The van der Waals surface area contributed by atoms with Crippen LogP contribution in [0.15, 0.2) is 0 Å². The maximum absolute atomic E-state index is 11.9. The Morgan fingerprint density at radius 3 is 2.50 bits per heavy atom. The highest BCUT2D eigenvalue weighted by Crippen LogP contribution is 2.24. The Labute approximate surface area is 110 Å². The molecule has 1 saturated carbocycles. The Bertz CT molecular complexity index is 362. The highest BCUT2D eigenvalue weighted by atomic mass is 32.2. The monoisotopic (exact) mass is 276 g/mol. The van der Waals surface area contributed by atoms with Crippen molar-refractivity contribution < 1.29 is 13.2 Å². The molecule has 106 valence electrons. The van der Waals surface area contributed by atoms with E-state index in [0.717, 1.165) is 25.9 Å². The molecule has 1 aliphatic carbocycles. The largest absolute Gasteiger partial charge is 0.354 e. The van der Waals surface area contributed by atoms with E-state index in [4.69, 9.17) is 0 Å². The summed E-state index contributed by atoms with van der Waals surface area (Å²) >= 11 is 0. The molecule has 1 N–H and O–H groups in total. The second kappa shape index (κ2) is 7.09. The van der Waals surface area contributed by atoms with Crippen LogP contribution in [0.25, 0.3) is 0 Å². The van der Waals surface area contributed by atoms with Gasteiger partial charge in [-0.1, -0.05) is 19.8 Å². The fourth-order valence-corrected chi connectivity index (χ4v) is 3.90. The van der Waals surface area contributed by atoms with Crippen LogP contribution in [0.4, 0.5) is 0 Å². The molecular weight excluding hydrogens is 252 g/mol. The third kappa shape index (κ3) is 4.94. The third-order valence-electron chi connectivity index (χ3n) is 3.50. The number of likely N-dealkylation sites (N-methyl/N-ethyl adjacent to an activating group) is 1. The number of carbonyl (C=O) groups excluding carboxylic acids is 1. The molecule has 1 rings (SSSR count). The maximum Gasteiger partial charge on any atom is 0.235 e. The van der Waals surface area contributed by atoms with Crippen molar-refractivity contribution in [1.82, 2.24) is 10.2 Å². The van der Waals surface area contributed by atoms with Gasteiger partial charge in [0.15, 0.2) is 9.84 Å². The molecule has 1 aliphatic rings. The molecule has 0 aromatic heterocycles. The minimum absolute atomic E-state index is 0.290. The second-order valence-electron chi connectivity index (χ2n) is 4.96. The molecule has 0 saturated heterocycles. The van der Waals surface area contributed by atoms with Crippen LogP contribution in [0.2, 0.25) is 0 Å². The van der Waals surface area contributed by atoms with Crippen LogP contribution < -0.4 is 5.32 Å². The summed E-state index contributed by atoms with van der Waals surface area (Å²) in [6.45, 7) is 4.19. The molecule has 0 unspecified atom stereocenters. The maximum atomic E-state index is 11.9. The molecule has 6 heteroatoms. The van der Waals surface area contributed by atoms with Gasteiger partial charge in [-0.2, -0.15) is 0 Å². The van der Waals surface area contributed by atoms with Crippen molar-refractivity contribution in [2.24, 2.45) is 0 Å². The van der Waals surface area contributed by atoms with E-state index in [1.165, 1.54) is 0 Å². The summed E-state index contributed by atoms with van der Waals surface area (Å²) in [5.41, 5.74) is 0. The number of rotatable bonds is 7. The van der Waals surface area contributed by atoms with Crippen LogP contribution in [0.5, 0.6) is 0 Å². The molecule has 0 aromatic carbocycles. The topological polar surface area (TPSA) is 66.5 Å². The summed E-state index contributed by atoms with van der Waals surface area (Å²) in [5, 5.41) is 2.38. The summed E-state index contributed by atoms with van der Waals surface area (Å²) in [6.07, 6.45) is 3.36. The van der Waals surface area contributed by atoms with Gasteiger partial charge in [-0.05, 0) is 26.4 Å². The van der Waals surface area contributed by atoms with Crippen molar-refractivity contribution in [1.29, 1.82) is 0 Å². The van der Waals surface area contributed by atoms with Crippen LogP contribution in [-0.2, 0) is 14.6 Å². The fraction of sp³-hybridized carbons (Fsp3) is 0.917. The molecule has 0 atom stereocenters. The van der Waals surface area contributed by atoms with Gasteiger partial charge in [0.1, 0.15) is 5.75 Å². The molecular formula is C12H24N2O3S. The summed E-state index contributed by atoms with van der Waals surface area (Å²) in [6, 6.07) is 0. The van der Waals surface area contributed by atoms with Crippen molar-refractivity contribution in [3.8, 4) is 0 Å². The van der Waals surface area contributed by atoms with Crippen LogP contribution in [0.3, 0.4) is 0 Å². The van der Waals surface area contributed by atoms with Gasteiger partial charge >= 0.3 is 0 Å². The van der Waals surface area contributed by atoms with E-state index in [0.29, 0.717) is 19.4 Å². The first-order valence-corrected chi connectivity index (χ1v) is 8.34. The molecule has 0 aliphatic heterocycles. The molecule has 0 aromatic rings. The predicted octanol–water partition coefficient (Wildman–Crippen LogP) is 0.412. The first-order chi connectivity index (χ1) is 8.45. The molecule has 1 fully saturated rings. The van der Waals surface area contributed by atoms with E-state index in [2.05, 4.69) is 10.2 Å². The summed E-state index contributed by atoms with van der Waals surface area (Å²) in [4.78, 5) is 13.6. The first-order valence-electron chi connectivity index (χ1n) is 6.62. The van der Waals surface area contributed by atoms with Crippen LogP contribution in [0.1, 0.15) is 32.6 Å². The van der Waals surface area contributed by atoms with E-state index < -0.39 is 9.84 Å². The highest BCUT2D eigenvalue weighted by molar-refractivity contribution is 7.92. The standard InChI is InChI=1S/C12H24N2O3S/c1-3-14(2)9-8-13-12(15)10-18(16,17)11-6-4-5-7-11/h11H,3-10H2,1-2H3,(H,13,15). The van der Waals surface area contributed by atoms with Crippen molar-refractivity contribution in [2.75, 3.05) is 32.4 Å². The summed E-state index contributed by atoms with van der Waals surface area (Å²) in [7, 11) is -1.28. The van der Waals surface area contributed by atoms with Crippen LogP contribution >= 0.6 is 0 Å². The SMILES string of the molecule is CCN(C)CCNC(=O)CS(=O)(=O)C1CCCC1. The number of hydrogen-bond donors (Lipinski definition) is 1. The van der Waals surface area contributed by atoms with Gasteiger partial charge in [0, 0.05) is 13.1 Å². The van der Waals surface area contributed by atoms with Gasteiger partial charge < -0.3 is 10.2 Å². The third-order valence-corrected chi connectivity index (χ3v) is 5.65. The van der Waals surface area contributed by atoms with Gasteiger partial charge in [0.05, 0.1) is 5.25 Å². The number of nitrogens with one attached hydrogen (secondary N) is 1. The van der Waals surface area contributed by atoms with Crippen molar-refractivity contribution in [3.05, 3.63) is 0 Å². The molecule has 0 heterocycles.